The van der Waals surface area contributed by atoms with Crippen LogP contribution < -0.4 is 0 Å². The van der Waals surface area contributed by atoms with Gasteiger partial charge in [-0.25, -0.2) is 0 Å². The van der Waals surface area contributed by atoms with Gasteiger partial charge >= 0.3 is 0 Å². The Kier molecular flexibility index (Phi) is 3.29. The van der Waals surface area contributed by atoms with Gasteiger partial charge in [0.15, 0.2) is 0 Å². The van der Waals surface area contributed by atoms with Gasteiger partial charge < -0.3 is 0 Å². The van der Waals surface area contributed by atoms with E-state index in [0.717, 1.165) is 20.5 Å². The number of rotatable bonds is 2. The lowest BCUT2D eigenvalue weighted by Gasteiger charge is -2.05. The van der Waals surface area contributed by atoms with Gasteiger partial charge in [0.2, 0.25) is 0 Å². The SMILES string of the molecule is S=C(c1ccccc1)c1ccccc1Br. The molecular formula is C13H9BrS. The zero-order valence-corrected chi connectivity index (χ0v) is 10.4. The van der Waals surface area contributed by atoms with Gasteiger partial charge in [-0.15, -0.1) is 0 Å². The van der Waals surface area contributed by atoms with Gasteiger partial charge in [-0.3, -0.25) is 0 Å². The molecule has 0 aliphatic rings. The van der Waals surface area contributed by atoms with Crippen molar-refractivity contribution in [2.45, 2.75) is 0 Å². The Bertz CT molecular complexity index is 477. The number of thiocarbonyl (C=S) groups is 1. The summed E-state index contributed by atoms with van der Waals surface area (Å²) in [5.41, 5.74) is 2.15. The van der Waals surface area contributed by atoms with Crippen molar-refractivity contribution >= 4 is 33.0 Å². The molecule has 2 heteroatoms. The van der Waals surface area contributed by atoms with E-state index < -0.39 is 0 Å². The predicted molar refractivity (Wildman–Crippen MR) is 71.4 cm³/mol. The summed E-state index contributed by atoms with van der Waals surface area (Å²) in [6.07, 6.45) is 0. The van der Waals surface area contributed by atoms with Gasteiger partial charge in [0.1, 0.15) is 0 Å². The van der Waals surface area contributed by atoms with Crippen molar-refractivity contribution in [2.75, 3.05) is 0 Å². The van der Waals surface area contributed by atoms with Gasteiger partial charge in [0, 0.05) is 10.0 Å². The normalized spacial score (nSPS) is 9.93. The molecular weight excluding hydrogens is 268 g/mol. The molecule has 0 aromatic heterocycles. The van der Waals surface area contributed by atoms with Gasteiger partial charge in [0.05, 0.1) is 4.86 Å². The van der Waals surface area contributed by atoms with Crippen LogP contribution in [0.5, 0.6) is 0 Å². The van der Waals surface area contributed by atoms with E-state index in [2.05, 4.69) is 15.9 Å². The third-order valence-corrected chi connectivity index (χ3v) is 3.30. The smallest absolute Gasteiger partial charge is 0.0533 e. The molecule has 0 heterocycles. The highest BCUT2D eigenvalue weighted by Crippen LogP contribution is 2.20. The number of hydrogen-bond donors (Lipinski definition) is 0. The van der Waals surface area contributed by atoms with Crippen LogP contribution in [-0.2, 0) is 0 Å². The van der Waals surface area contributed by atoms with Crippen molar-refractivity contribution < 1.29 is 0 Å². The molecule has 0 atom stereocenters. The lowest BCUT2D eigenvalue weighted by molar-refractivity contribution is 1.58. The zero-order chi connectivity index (χ0) is 10.7. The summed E-state index contributed by atoms with van der Waals surface area (Å²) in [7, 11) is 0. The maximum atomic E-state index is 5.44. The van der Waals surface area contributed by atoms with E-state index >= 15 is 0 Å². The summed E-state index contributed by atoms with van der Waals surface area (Å²) < 4.78 is 1.04. The Balaban J connectivity index is 2.42. The van der Waals surface area contributed by atoms with Crippen LogP contribution in [-0.4, -0.2) is 4.86 Å². The Morgan fingerprint density at radius 3 is 2.13 bits per heavy atom. The van der Waals surface area contributed by atoms with Gasteiger partial charge in [-0.2, -0.15) is 0 Å². The molecule has 0 saturated carbocycles. The molecule has 2 aromatic rings. The third-order valence-electron chi connectivity index (χ3n) is 2.15. The van der Waals surface area contributed by atoms with E-state index in [4.69, 9.17) is 12.2 Å². The van der Waals surface area contributed by atoms with Crippen molar-refractivity contribution in [2.24, 2.45) is 0 Å². The standard InChI is InChI=1S/C13H9BrS/c14-12-9-5-4-8-11(12)13(15)10-6-2-1-3-7-10/h1-9H. The summed E-state index contributed by atoms with van der Waals surface area (Å²) >= 11 is 8.95. The molecule has 0 saturated heterocycles. The monoisotopic (exact) mass is 276 g/mol. The first kappa shape index (κ1) is 10.5. The minimum Gasteiger partial charge on any atom is -0.0788 e. The van der Waals surface area contributed by atoms with Crippen molar-refractivity contribution in [1.29, 1.82) is 0 Å². The van der Waals surface area contributed by atoms with Crippen molar-refractivity contribution in [3.63, 3.8) is 0 Å². The molecule has 0 aliphatic carbocycles. The zero-order valence-electron chi connectivity index (χ0n) is 7.98. The maximum absolute atomic E-state index is 5.44. The van der Waals surface area contributed by atoms with E-state index in [1.165, 1.54) is 0 Å². The molecule has 15 heavy (non-hydrogen) atoms. The van der Waals surface area contributed by atoms with Crippen LogP contribution in [0.4, 0.5) is 0 Å². The molecule has 0 spiro atoms. The number of halogens is 1. The van der Waals surface area contributed by atoms with Crippen LogP contribution in [0.15, 0.2) is 59.1 Å². The second kappa shape index (κ2) is 4.69. The largest absolute Gasteiger partial charge is 0.0788 e. The Morgan fingerprint density at radius 1 is 0.867 bits per heavy atom. The first-order chi connectivity index (χ1) is 7.29. The van der Waals surface area contributed by atoms with E-state index in [-0.39, 0.29) is 0 Å². The lowest BCUT2D eigenvalue weighted by atomic mass is 10.1. The molecule has 74 valence electrons. The Morgan fingerprint density at radius 2 is 1.47 bits per heavy atom. The second-order valence-corrected chi connectivity index (χ2v) is 4.44. The molecule has 0 bridgehead atoms. The first-order valence-corrected chi connectivity index (χ1v) is 5.83. The molecule has 0 radical (unpaired) electrons. The number of benzene rings is 2. The van der Waals surface area contributed by atoms with Gasteiger partial charge in [-0.05, 0) is 11.6 Å². The summed E-state index contributed by atoms with van der Waals surface area (Å²) in [6.45, 7) is 0. The van der Waals surface area contributed by atoms with E-state index in [1.54, 1.807) is 0 Å². The van der Waals surface area contributed by atoms with Crippen molar-refractivity contribution in [3.8, 4) is 0 Å². The lowest BCUT2D eigenvalue weighted by Crippen LogP contribution is -1.99. The topological polar surface area (TPSA) is 0 Å². The summed E-state index contributed by atoms with van der Waals surface area (Å²) in [5, 5.41) is 0. The molecule has 0 amide bonds. The summed E-state index contributed by atoms with van der Waals surface area (Å²) in [6, 6.07) is 18.1. The Hall–Kier alpha value is -0.990. The van der Waals surface area contributed by atoms with E-state index in [1.807, 2.05) is 54.6 Å². The molecule has 2 aromatic carbocycles. The fourth-order valence-electron chi connectivity index (χ4n) is 1.39. The molecule has 0 aliphatic heterocycles. The quantitative estimate of drug-likeness (QED) is 0.585. The first-order valence-electron chi connectivity index (χ1n) is 4.63. The highest BCUT2D eigenvalue weighted by atomic mass is 79.9. The molecule has 0 fully saturated rings. The molecule has 2 rings (SSSR count). The highest BCUT2D eigenvalue weighted by molar-refractivity contribution is 9.10. The molecule has 0 nitrogen and oxygen atoms in total. The molecule has 0 unspecified atom stereocenters. The number of hydrogen-bond acceptors (Lipinski definition) is 1. The van der Waals surface area contributed by atoms with Crippen LogP contribution in [0.2, 0.25) is 0 Å². The minimum atomic E-state index is 0.878. The fraction of sp³-hybridized carbons (Fsp3) is 0. The second-order valence-electron chi connectivity index (χ2n) is 3.17. The summed E-state index contributed by atoms with van der Waals surface area (Å²) in [4.78, 5) is 0.878. The average molecular weight is 277 g/mol. The van der Waals surface area contributed by atoms with Crippen LogP contribution in [0, 0.1) is 0 Å². The molecule has 0 N–H and O–H groups in total. The average Bonchev–Trinajstić information content (AvgIpc) is 2.30. The minimum absolute atomic E-state index is 0.878. The third kappa shape index (κ3) is 2.33. The van der Waals surface area contributed by atoms with Gasteiger partial charge in [-0.1, -0.05) is 76.7 Å². The highest BCUT2D eigenvalue weighted by Gasteiger charge is 2.06. The van der Waals surface area contributed by atoms with Crippen LogP contribution in [0.25, 0.3) is 0 Å². The van der Waals surface area contributed by atoms with Crippen LogP contribution >= 0.6 is 28.1 Å². The van der Waals surface area contributed by atoms with E-state index in [9.17, 15) is 0 Å². The van der Waals surface area contributed by atoms with E-state index in [0.29, 0.717) is 0 Å². The predicted octanol–water partition coefficient (Wildman–Crippen LogP) is 4.22. The van der Waals surface area contributed by atoms with Crippen molar-refractivity contribution in [3.05, 3.63) is 70.2 Å². The van der Waals surface area contributed by atoms with Crippen molar-refractivity contribution in [1.82, 2.24) is 0 Å². The Labute approximate surface area is 103 Å². The van der Waals surface area contributed by atoms with Gasteiger partial charge in [0.25, 0.3) is 0 Å². The maximum Gasteiger partial charge on any atom is 0.0533 e. The van der Waals surface area contributed by atoms with Crippen LogP contribution in [0.1, 0.15) is 11.1 Å². The van der Waals surface area contributed by atoms with Crippen LogP contribution in [0.3, 0.4) is 0 Å². The summed E-state index contributed by atoms with van der Waals surface area (Å²) in [5.74, 6) is 0. The fourth-order valence-corrected chi connectivity index (χ4v) is 2.32.